The van der Waals surface area contributed by atoms with Gasteiger partial charge in [0.1, 0.15) is 11.0 Å². The van der Waals surface area contributed by atoms with Gasteiger partial charge in [-0.15, -0.1) is 0 Å². The highest BCUT2D eigenvalue weighted by molar-refractivity contribution is 6.32. The first kappa shape index (κ1) is 13.4. The molecule has 0 unspecified atom stereocenters. The topological polar surface area (TPSA) is 51.2 Å². The molecule has 0 aliphatic carbocycles. The number of hydrogen-bond donors (Lipinski definition) is 1. The lowest BCUT2D eigenvalue weighted by Gasteiger charge is -2.06. The summed E-state index contributed by atoms with van der Waals surface area (Å²) in [6.45, 7) is 4.24. The number of carbonyl (C=O) groups excluding carboxylic acids is 1. The van der Waals surface area contributed by atoms with Crippen LogP contribution in [0.25, 0.3) is 0 Å². The van der Waals surface area contributed by atoms with Crippen molar-refractivity contribution in [2.24, 2.45) is 0 Å². The zero-order valence-electron chi connectivity index (χ0n) is 9.08. The summed E-state index contributed by atoms with van der Waals surface area (Å²) >= 11 is 5.68. The number of nitrogens with zero attached hydrogens (tertiary/aromatic N) is 1. The maximum Gasteiger partial charge on any atom is 0.254 e. The summed E-state index contributed by atoms with van der Waals surface area (Å²) in [7, 11) is 0. The Kier molecular flexibility index (Phi) is 5.42. The molecule has 0 saturated carbocycles. The Hall–Kier alpha value is -1.62. The van der Waals surface area contributed by atoms with Crippen molar-refractivity contribution in [1.29, 1.82) is 0 Å². The first-order valence-electron chi connectivity index (χ1n) is 4.97. The van der Waals surface area contributed by atoms with Crippen LogP contribution in [0.1, 0.15) is 16.8 Å². The normalized spacial score (nSPS) is 9.76. The maximum atomic E-state index is 12.9. The van der Waals surface area contributed by atoms with Gasteiger partial charge in [-0.2, -0.15) is 0 Å². The zero-order valence-corrected chi connectivity index (χ0v) is 9.84. The van der Waals surface area contributed by atoms with Gasteiger partial charge in [0, 0.05) is 6.54 Å². The molecule has 1 aromatic heterocycles. The molecule has 0 bridgehead atoms. The summed E-state index contributed by atoms with van der Waals surface area (Å²) < 4.78 is 17.7. The van der Waals surface area contributed by atoms with Gasteiger partial charge in [-0.05, 0) is 12.5 Å². The highest BCUT2D eigenvalue weighted by Gasteiger charge is 2.11. The molecular formula is C11H12ClFN2O2. The van der Waals surface area contributed by atoms with Crippen molar-refractivity contribution in [3.05, 3.63) is 41.6 Å². The van der Waals surface area contributed by atoms with Crippen LogP contribution in [-0.2, 0) is 4.74 Å². The van der Waals surface area contributed by atoms with Crippen molar-refractivity contribution in [2.75, 3.05) is 13.2 Å². The van der Waals surface area contributed by atoms with Crippen LogP contribution in [0.3, 0.4) is 0 Å². The van der Waals surface area contributed by atoms with Gasteiger partial charge in [0.15, 0.2) is 0 Å². The molecule has 1 aromatic rings. The van der Waals surface area contributed by atoms with Gasteiger partial charge >= 0.3 is 0 Å². The summed E-state index contributed by atoms with van der Waals surface area (Å²) in [4.78, 5) is 15.1. The highest BCUT2D eigenvalue weighted by atomic mass is 35.5. The van der Waals surface area contributed by atoms with Gasteiger partial charge < -0.3 is 10.1 Å². The van der Waals surface area contributed by atoms with E-state index in [1.54, 1.807) is 0 Å². The molecule has 0 aromatic carbocycles. The Labute approximate surface area is 103 Å². The van der Waals surface area contributed by atoms with E-state index in [0.717, 1.165) is 12.3 Å². The average molecular weight is 259 g/mol. The Morgan fingerprint density at radius 3 is 3.18 bits per heavy atom. The molecule has 17 heavy (non-hydrogen) atoms. The van der Waals surface area contributed by atoms with Gasteiger partial charge in [0.2, 0.25) is 0 Å². The molecular weight excluding hydrogens is 247 g/mol. The van der Waals surface area contributed by atoms with Crippen molar-refractivity contribution < 1.29 is 13.9 Å². The molecule has 1 rings (SSSR count). The fraction of sp³-hybridized carbons (Fsp3) is 0.273. The van der Waals surface area contributed by atoms with E-state index in [2.05, 4.69) is 16.9 Å². The molecule has 1 N–H and O–H groups in total. The third-order valence-electron chi connectivity index (χ3n) is 1.89. The van der Waals surface area contributed by atoms with E-state index in [4.69, 9.17) is 16.3 Å². The molecule has 0 fully saturated rings. The average Bonchev–Trinajstić information content (AvgIpc) is 2.32. The predicted molar refractivity (Wildman–Crippen MR) is 62.3 cm³/mol. The third-order valence-corrected chi connectivity index (χ3v) is 2.19. The fourth-order valence-corrected chi connectivity index (χ4v) is 1.31. The molecule has 92 valence electrons. The number of amides is 1. The minimum atomic E-state index is -0.602. The van der Waals surface area contributed by atoms with Gasteiger partial charge in [0.05, 0.1) is 24.6 Å². The Morgan fingerprint density at radius 2 is 2.47 bits per heavy atom. The van der Waals surface area contributed by atoms with E-state index in [9.17, 15) is 9.18 Å². The van der Waals surface area contributed by atoms with Gasteiger partial charge in [-0.3, -0.25) is 4.79 Å². The van der Waals surface area contributed by atoms with Crippen LogP contribution in [0.5, 0.6) is 0 Å². The molecule has 0 aliphatic heterocycles. The Bertz CT molecular complexity index is 412. The molecule has 0 radical (unpaired) electrons. The van der Waals surface area contributed by atoms with E-state index in [1.165, 1.54) is 6.26 Å². The molecule has 1 amide bonds. The summed E-state index contributed by atoms with van der Waals surface area (Å²) in [5, 5.41) is 2.56. The van der Waals surface area contributed by atoms with E-state index in [-0.39, 0.29) is 10.7 Å². The van der Waals surface area contributed by atoms with E-state index in [1.807, 2.05) is 0 Å². The van der Waals surface area contributed by atoms with Crippen molar-refractivity contribution in [3.8, 4) is 0 Å². The van der Waals surface area contributed by atoms with Crippen LogP contribution in [0.2, 0.25) is 5.15 Å². The molecule has 4 nitrogen and oxygen atoms in total. The van der Waals surface area contributed by atoms with Crippen LogP contribution in [0.15, 0.2) is 25.1 Å². The monoisotopic (exact) mass is 258 g/mol. The van der Waals surface area contributed by atoms with E-state index in [0.29, 0.717) is 19.6 Å². The minimum absolute atomic E-state index is 0.0220. The molecule has 6 heteroatoms. The van der Waals surface area contributed by atoms with Crippen LogP contribution in [-0.4, -0.2) is 24.0 Å². The molecule has 0 aliphatic rings. The quantitative estimate of drug-likeness (QED) is 0.483. The standard InChI is InChI=1S/C11H12ClFN2O2/c1-2-17-5-3-4-14-11(16)9-6-8(13)7-15-10(9)12/h2,6-7H,1,3-5H2,(H,14,16). The van der Waals surface area contributed by atoms with Gasteiger partial charge in [-0.25, -0.2) is 9.37 Å². The predicted octanol–water partition coefficient (Wildman–Crippen LogP) is 2.15. The molecule has 0 atom stereocenters. The van der Waals surface area contributed by atoms with Crippen LogP contribution in [0, 0.1) is 5.82 Å². The second-order valence-electron chi connectivity index (χ2n) is 3.14. The molecule has 0 saturated heterocycles. The van der Waals surface area contributed by atoms with Crippen molar-refractivity contribution in [3.63, 3.8) is 0 Å². The Morgan fingerprint density at radius 1 is 1.71 bits per heavy atom. The summed E-state index contributed by atoms with van der Waals surface area (Å²) in [5.74, 6) is -1.06. The van der Waals surface area contributed by atoms with Gasteiger partial charge in [0.25, 0.3) is 5.91 Å². The van der Waals surface area contributed by atoms with Crippen molar-refractivity contribution >= 4 is 17.5 Å². The first-order chi connectivity index (χ1) is 8.15. The summed E-state index contributed by atoms with van der Waals surface area (Å²) in [5.41, 5.74) is 0.0244. The smallest absolute Gasteiger partial charge is 0.254 e. The van der Waals surface area contributed by atoms with Crippen molar-refractivity contribution in [1.82, 2.24) is 10.3 Å². The molecule has 1 heterocycles. The number of halogens is 2. The second kappa shape index (κ2) is 6.85. The number of ether oxygens (including phenoxy) is 1. The first-order valence-corrected chi connectivity index (χ1v) is 5.34. The lowest BCUT2D eigenvalue weighted by Crippen LogP contribution is -2.25. The number of nitrogens with one attached hydrogen (secondary N) is 1. The third kappa shape index (κ3) is 4.40. The zero-order chi connectivity index (χ0) is 12.7. The van der Waals surface area contributed by atoms with Crippen molar-refractivity contribution in [2.45, 2.75) is 6.42 Å². The number of pyridine rings is 1. The summed E-state index contributed by atoms with van der Waals surface area (Å²) in [6, 6.07) is 1.05. The summed E-state index contributed by atoms with van der Waals surface area (Å²) in [6.07, 6.45) is 2.91. The minimum Gasteiger partial charge on any atom is -0.502 e. The van der Waals surface area contributed by atoms with E-state index < -0.39 is 11.7 Å². The van der Waals surface area contributed by atoms with Gasteiger partial charge in [-0.1, -0.05) is 18.2 Å². The number of hydrogen-bond acceptors (Lipinski definition) is 3. The number of carbonyl (C=O) groups is 1. The maximum absolute atomic E-state index is 12.9. The van der Waals surface area contributed by atoms with E-state index >= 15 is 0 Å². The lowest BCUT2D eigenvalue weighted by molar-refractivity contribution is 0.0949. The molecule has 0 spiro atoms. The van der Waals surface area contributed by atoms with Crippen LogP contribution in [0.4, 0.5) is 4.39 Å². The highest BCUT2D eigenvalue weighted by Crippen LogP contribution is 2.13. The van der Waals surface area contributed by atoms with Crippen LogP contribution < -0.4 is 5.32 Å². The lowest BCUT2D eigenvalue weighted by atomic mass is 10.2. The van der Waals surface area contributed by atoms with Crippen LogP contribution >= 0.6 is 11.6 Å². The fourth-order valence-electron chi connectivity index (χ4n) is 1.12. The number of aromatic nitrogens is 1. The largest absolute Gasteiger partial charge is 0.502 e. The second-order valence-corrected chi connectivity index (χ2v) is 3.50. The SMILES string of the molecule is C=COCCCNC(=O)c1cc(F)cnc1Cl. The Balaban J connectivity index is 2.46. The number of rotatable bonds is 6.